The summed E-state index contributed by atoms with van der Waals surface area (Å²) in [7, 11) is 1.19. The standard InChI is InChI=1S/C9H7F3N2O2S2/c1-14-7(9(10,11)12)4-5(13-14)6-2-3-8(17-6)18(15)16/h2-4H,1H3,(H,15,16)/p-1. The zero-order chi connectivity index (χ0) is 13.5. The molecule has 0 saturated heterocycles. The second-order valence-corrected chi connectivity index (χ2v) is 5.64. The Morgan fingerprint density at radius 3 is 2.56 bits per heavy atom. The van der Waals surface area contributed by atoms with Crippen LogP contribution >= 0.6 is 11.3 Å². The molecule has 98 valence electrons. The van der Waals surface area contributed by atoms with Gasteiger partial charge in [0.1, 0.15) is 11.4 Å². The maximum Gasteiger partial charge on any atom is 0.433 e. The van der Waals surface area contributed by atoms with Crippen molar-refractivity contribution < 1.29 is 21.9 Å². The van der Waals surface area contributed by atoms with Gasteiger partial charge < -0.3 is 4.55 Å². The Balaban J connectivity index is 2.42. The highest BCUT2D eigenvalue weighted by Crippen LogP contribution is 2.34. The first kappa shape index (κ1) is 13.2. The maximum atomic E-state index is 12.6. The van der Waals surface area contributed by atoms with Gasteiger partial charge in [0.15, 0.2) is 0 Å². The summed E-state index contributed by atoms with van der Waals surface area (Å²) >= 11 is -1.51. The van der Waals surface area contributed by atoms with E-state index in [1.165, 1.54) is 19.2 Å². The number of thiophene rings is 1. The van der Waals surface area contributed by atoms with Crippen molar-refractivity contribution in [2.45, 2.75) is 10.4 Å². The second kappa shape index (κ2) is 4.48. The van der Waals surface area contributed by atoms with Crippen LogP contribution in [-0.4, -0.2) is 18.5 Å². The third-order valence-corrected chi connectivity index (χ3v) is 4.19. The van der Waals surface area contributed by atoms with Crippen LogP contribution in [0.5, 0.6) is 0 Å². The minimum absolute atomic E-state index is 0.0595. The van der Waals surface area contributed by atoms with Gasteiger partial charge in [0.05, 0.1) is 9.09 Å². The van der Waals surface area contributed by atoms with Crippen molar-refractivity contribution in [3.63, 3.8) is 0 Å². The summed E-state index contributed by atoms with van der Waals surface area (Å²) in [4.78, 5) is 0.375. The number of halogens is 3. The summed E-state index contributed by atoms with van der Waals surface area (Å²) in [5.74, 6) is 0. The lowest BCUT2D eigenvalue weighted by Gasteiger charge is -2.04. The molecule has 1 unspecified atom stereocenters. The fraction of sp³-hybridized carbons (Fsp3) is 0.222. The van der Waals surface area contributed by atoms with E-state index in [1.54, 1.807) is 0 Å². The lowest BCUT2D eigenvalue weighted by molar-refractivity contribution is -0.143. The molecule has 9 heteroatoms. The molecule has 0 radical (unpaired) electrons. The molecular weight excluding hydrogens is 289 g/mol. The monoisotopic (exact) mass is 295 g/mol. The van der Waals surface area contributed by atoms with Gasteiger partial charge in [0.2, 0.25) is 0 Å². The first-order valence-corrected chi connectivity index (χ1v) is 6.49. The highest BCUT2D eigenvalue weighted by molar-refractivity contribution is 7.81. The third-order valence-electron chi connectivity index (χ3n) is 2.17. The SMILES string of the molecule is Cn1nc(-c2ccc(S(=O)[O-])s2)cc1C(F)(F)F. The smallest absolute Gasteiger partial charge is 0.433 e. The van der Waals surface area contributed by atoms with Crippen LogP contribution in [0.4, 0.5) is 13.2 Å². The molecule has 0 spiro atoms. The van der Waals surface area contributed by atoms with E-state index in [-0.39, 0.29) is 9.90 Å². The third kappa shape index (κ3) is 2.47. The molecule has 2 rings (SSSR count). The average molecular weight is 295 g/mol. The molecule has 0 aliphatic heterocycles. The van der Waals surface area contributed by atoms with Crippen LogP contribution in [0.1, 0.15) is 5.69 Å². The van der Waals surface area contributed by atoms with Gasteiger partial charge in [-0.15, -0.1) is 11.3 Å². The van der Waals surface area contributed by atoms with E-state index in [9.17, 15) is 21.9 Å². The molecule has 0 aromatic carbocycles. The number of aryl methyl sites for hydroxylation is 1. The van der Waals surface area contributed by atoms with Crippen molar-refractivity contribution in [1.82, 2.24) is 9.78 Å². The predicted octanol–water partition coefficient (Wildman–Crippen LogP) is 2.41. The predicted molar refractivity (Wildman–Crippen MR) is 58.7 cm³/mol. The van der Waals surface area contributed by atoms with Crippen LogP contribution in [0, 0.1) is 0 Å². The molecule has 0 N–H and O–H groups in total. The van der Waals surface area contributed by atoms with Crippen LogP contribution in [0.3, 0.4) is 0 Å². The minimum Gasteiger partial charge on any atom is -0.768 e. The molecule has 0 saturated carbocycles. The van der Waals surface area contributed by atoms with Crippen LogP contribution < -0.4 is 0 Å². The zero-order valence-electron chi connectivity index (χ0n) is 8.89. The highest BCUT2D eigenvalue weighted by atomic mass is 32.2. The number of alkyl halides is 3. The molecule has 0 bridgehead atoms. The Morgan fingerprint density at radius 1 is 1.44 bits per heavy atom. The second-order valence-electron chi connectivity index (χ2n) is 3.39. The minimum atomic E-state index is -4.48. The van der Waals surface area contributed by atoms with E-state index in [4.69, 9.17) is 0 Å². The molecule has 4 nitrogen and oxygen atoms in total. The van der Waals surface area contributed by atoms with E-state index in [1.807, 2.05) is 0 Å². The Labute approximate surface area is 106 Å². The molecule has 0 aliphatic rings. The van der Waals surface area contributed by atoms with E-state index in [0.717, 1.165) is 22.1 Å². The van der Waals surface area contributed by atoms with Crippen LogP contribution in [-0.2, 0) is 24.3 Å². The molecule has 0 fully saturated rings. The van der Waals surface area contributed by atoms with Crippen LogP contribution in [0.2, 0.25) is 0 Å². The van der Waals surface area contributed by atoms with Crippen molar-refractivity contribution >= 4 is 22.4 Å². The summed E-state index contributed by atoms with van der Waals surface area (Å²) in [5.41, 5.74) is -0.776. The number of hydrogen-bond donors (Lipinski definition) is 0. The molecule has 2 aromatic rings. The number of hydrogen-bond acceptors (Lipinski definition) is 4. The molecule has 1 atom stereocenters. The summed E-state index contributed by atoms with van der Waals surface area (Å²) < 4.78 is 59.8. The van der Waals surface area contributed by atoms with Crippen molar-refractivity contribution in [1.29, 1.82) is 0 Å². The Morgan fingerprint density at radius 2 is 2.11 bits per heavy atom. The fourth-order valence-electron chi connectivity index (χ4n) is 1.40. The summed E-state index contributed by atoms with van der Waals surface area (Å²) in [5, 5.41) is 3.73. The van der Waals surface area contributed by atoms with Gasteiger partial charge in [0.25, 0.3) is 0 Å². The summed E-state index contributed by atoms with van der Waals surface area (Å²) in [6.45, 7) is 0. The quantitative estimate of drug-likeness (QED) is 0.799. The van der Waals surface area contributed by atoms with Gasteiger partial charge in [-0.1, -0.05) is 0 Å². The molecule has 18 heavy (non-hydrogen) atoms. The fourth-order valence-corrected chi connectivity index (χ4v) is 2.81. The molecule has 0 aliphatic carbocycles. The summed E-state index contributed by atoms with van der Waals surface area (Å²) in [6.07, 6.45) is -4.48. The van der Waals surface area contributed by atoms with Gasteiger partial charge in [-0.25, -0.2) is 0 Å². The van der Waals surface area contributed by atoms with Crippen molar-refractivity contribution in [3.05, 3.63) is 23.9 Å². The first-order valence-electron chi connectivity index (χ1n) is 4.60. The lowest BCUT2D eigenvalue weighted by atomic mass is 10.3. The van der Waals surface area contributed by atoms with E-state index in [0.29, 0.717) is 4.88 Å². The van der Waals surface area contributed by atoms with Crippen molar-refractivity contribution in [2.75, 3.05) is 0 Å². The molecule has 0 amide bonds. The van der Waals surface area contributed by atoms with Gasteiger partial charge in [-0.05, 0) is 29.3 Å². The van der Waals surface area contributed by atoms with Crippen LogP contribution in [0.25, 0.3) is 10.6 Å². The topological polar surface area (TPSA) is 58.0 Å². The lowest BCUT2D eigenvalue weighted by Crippen LogP contribution is -2.11. The van der Waals surface area contributed by atoms with E-state index < -0.39 is 23.0 Å². The zero-order valence-corrected chi connectivity index (χ0v) is 10.5. The average Bonchev–Trinajstić information content (AvgIpc) is 2.81. The normalized spacial score (nSPS) is 13.8. The highest BCUT2D eigenvalue weighted by Gasteiger charge is 2.35. The maximum absolute atomic E-state index is 12.6. The largest absolute Gasteiger partial charge is 0.768 e. The molecular formula is C9H6F3N2O2S2-. The Kier molecular flexibility index (Phi) is 3.30. The van der Waals surface area contributed by atoms with Crippen molar-refractivity contribution in [2.24, 2.45) is 7.05 Å². The van der Waals surface area contributed by atoms with Crippen molar-refractivity contribution in [3.8, 4) is 10.6 Å². The molecule has 2 aromatic heterocycles. The van der Waals surface area contributed by atoms with Gasteiger partial charge in [0, 0.05) is 7.05 Å². The van der Waals surface area contributed by atoms with Gasteiger partial charge >= 0.3 is 6.18 Å². The summed E-state index contributed by atoms with van der Waals surface area (Å²) in [6, 6.07) is 3.65. The van der Waals surface area contributed by atoms with Crippen LogP contribution in [0.15, 0.2) is 22.4 Å². The first-order chi connectivity index (χ1) is 8.29. The Bertz CT molecular complexity index is 603. The Hall–Kier alpha value is -1.19. The van der Waals surface area contributed by atoms with E-state index in [2.05, 4.69) is 5.10 Å². The number of nitrogens with zero attached hydrogens (tertiary/aromatic N) is 2. The van der Waals surface area contributed by atoms with E-state index >= 15 is 0 Å². The number of rotatable bonds is 2. The number of aromatic nitrogens is 2. The van der Waals surface area contributed by atoms with Gasteiger partial charge in [-0.3, -0.25) is 8.89 Å². The van der Waals surface area contributed by atoms with Gasteiger partial charge in [-0.2, -0.15) is 18.3 Å². The molecule has 2 heterocycles.